The van der Waals surface area contributed by atoms with Gasteiger partial charge in [-0.1, -0.05) is 6.07 Å². The number of nitrogens with one attached hydrogen (secondary N) is 1. The van der Waals surface area contributed by atoms with E-state index in [1.54, 1.807) is 28.9 Å². The fourth-order valence-electron chi connectivity index (χ4n) is 1.63. The lowest BCUT2D eigenvalue weighted by Gasteiger charge is -2.25. The number of nitrogens with zero attached hydrogens (tertiary/aromatic N) is 1. The highest BCUT2D eigenvalue weighted by molar-refractivity contribution is 7.98. The van der Waals surface area contributed by atoms with Crippen molar-refractivity contribution in [2.75, 3.05) is 18.2 Å². The monoisotopic (exact) mass is 262 g/mol. The summed E-state index contributed by atoms with van der Waals surface area (Å²) in [4.78, 5) is 12.1. The Labute approximate surface area is 110 Å². The van der Waals surface area contributed by atoms with E-state index in [0.717, 1.165) is 10.6 Å². The molecule has 0 unspecified atom stereocenters. The number of carboxylic acid groups (broad SMARTS) is 1. The molecule has 18 heavy (non-hydrogen) atoms. The predicted octanol–water partition coefficient (Wildman–Crippen LogP) is 2.58. The first kappa shape index (κ1) is 12.6. The van der Waals surface area contributed by atoms with Gasteiger partial charge in [0.1, 0.15) is 0 Å². The molecule has 0 amide bonds. The molecule has 0 aliphatic carbocycles. The predicted molar refractivity (Wildman–Crippen MR) is 73.4 cm³/mol. The molecule has 0 atom stereocenters. The number of allylic oxidation sites excluding steroid dienone is 2. The molecule has 1 aliphatic rings. The van der Waals surface area contributed by atoms with Crippen molar-refractivity contribution in [3.8, 4) is 0 Å². The number of hydrazine groups is 1. The molecule has 1 aromatic rings. The van der Waals surface area contributed by atoms with Crippen LogP contribution in [0.1, 0.15) is 0 Å². The molecule has 5 heteroatoms. The van der Waals surface area contributed by atoms with Crippen LogP contribution in [0.5, 0.6) is 0 Å². The topological polar surface area (TPSA) is 52.6 Å². The van der Waals surface area contributed by atoms with E-state index in [2.05, 4.69) is 5.43 Å². The highest BCUT2D eigenvalue weighted by Gasteiger charge is 2.13. The molecule has 0 fully saturated rings. The Bertz CT molecular complexity index is 511. The Kier molecular flexibility index (Phi) is 3.94. The molecule has 0 aromatic heterocycles. The number of benzene rings is 1. The van der Waals surface area contributed by atoms with Crippen LogP contribution in [-0.4, -0.2) is 28.9 Å². The van der Waals surface area contributed by atoms with Crippen molar-refractivity contribution in [1.82, 2.24) is 5.01 Å². The minimum atomic E-state index is -0.885. The second kappa shape index (κ2) is 5.64. The van der Waals surface area contributed by atoms with Crippen LogP contribution < -0.4 is 5.43 Å². The van der Waals surface area contributed by atoms with E-state index in [0.29, 0.717) is 12.1 Å². The number of carboxylic acids is 1. The van der Waals surface area contributed by atoms with E-state index >= 15 is 0 Å². The van der Waals surface area contributed by atoms with Gasteiger partial charge in [-0.2, -0.15) is 0 Å². The first-order valence-corrected chi connectivity index (χ1v) is 6.69. The molecule has 94 valence electrons. The van der Waals surface area contributed by atoms with Crippen LogP contribution in [0.3, 0.4) is 0 Å². The highest BCUT2D eigenvalue weighted by Crippen LogP contribution is 2.20. The van der Waals surface area contributed by atoms with Gasteiger partial charge in [0.2, 0.25) is 0 Å². The van der Waals surface area contributed by atoms with Crippen molar-refractivity contribution in [2.45, 2.75) is 4.90 Å². The first-order chi connectivity index (χ1) is 8.69. The van der Waals surface area contributed by atoms with Crippen LogP contribution in [0.2, 0.25) is 0 Å². The zero-order valence-corrected chi connectivity index (χ0v) is 10.8. The molecule has 0 saturated heterocycles. The number of hydrogen-bond donors (Lipinski definition) is 2. The number of anilines is 1. The van der Waals surface area contributed by atoms with Crippen molar-refractivity contribution in [3.05, 3.63) is 48.2 Å². The Balaban J connectivity index is 2.04. The number of hydrogen-bond acceptors (Lipinski definition) is 4. The fraction of sp³-hybridized carbons (Fsp3) is 0.154. The highest BCUT2D eigenvalue weighted by atomic mass is 32.2. The molecule has 4 nitrogen and oxygen atoms in total. The van der Waals surface area contributed by atoms with Crippen molar-refractivity contribution in [2.24, 2.45) is 0 Å². The average molecular weight is 262 g/mol. The molecule has 1 aromatic carbocycles. The summed E-state index contributed by atoms with van der Waals surface area (Å²) in [7, 11) is 0. The van der Waals surface area contributed by atoms with Crippen LogP contribution in [-0.2, 0) is 4.79 Å². The summed E-state index contributed by atoms with van der Waals surface area (Å²) in [5.74, 6) is -0.885. The largest absolute Gasteiger partial charge is 0.478 e. The SMILES string of the molecule is CSc1cccc(NN2C=CC=C(C(=O)O)C2)c1. The van der Waals surface area contributed by atoms with Gasteiger partial charge < -0.3 is 5.11 Å². The summed E-state index contributed by atoms with van der Waals surface area (Å²) in [5, 5.41) is 10.7. The van der Waals surface area contributed by atoms with Crippen molar-refractivity contribution >= 4 is 23.4 Å². The second-order valence-electron chi connectivity index (χ2n) is 3.81. The summed E-state index contributed by atoms with van der Waals surface area (Å²) < 4.78 is 0. The van der Waals surface area contributed by atoms with Crippen molar-refractivity contribution in [3.63, 3.8) is 0 Å². The molecule has 0 saturated carbocycles. The maximum absolute atomic E-state index is 10.9. The number of aliphatic carboxylic acids is 1. The van der Waals surface area contributed by atoms with Gasteiger partial charge in [0, 0.05) is 11.1 Å². The third kappa shape index (κ3) is 3.07. The lowest BCUT2D eigenvalue weighted by atomic mass is 10.2. The lowest BCUT2D eigenvalue weighted by molar-refractivity contribution is -0.132. The maximum atomic E-state index is 10.9. The van der Waals surface area contributed by atoms with E-state index in [-0.39, 0.29) is 0 Å². The number of rotatable bonds is 4. The standard InChI is InChI=1S/C13H14N2O2S/c1-18-12-6-2-5-11(8-12)14-15-7-3-4-10(9-15)13(16)17/h2-8,14H,9H2,1H3,(H,16,17). The molecule has 2 N–H and O–H groups in total. The third-order valence-corrected chi connectivity index (χ3v) is 3.25. The van der Waals surface area contributed by atoms with E-state index < -0.39 is 5.97 Å². The Hall–Kier alpha value is -1.88. The minimum absolute atomic E-state index is 0.343. The number of carbonyl (C=O) groups is 1. The average Bonchev–Trinajstić information content (AvgIpc) is 2.39. The van der Waals surface area contributed by atoms with Crippen LogP contribution >= 0.6 is 11.8 Å². The first-order valence-electron chi connectivity index (χ1n) is 5.47. The lowest BCUT2D eigenvalue weighted by Crippen LogP contribution is -2.30. The molecule has 0 bridgehead atoms. The Morgan fingerprint density at radius 2 is 2.33 bits per heavy atom. The van der Waals surface area contributed by atoms with Gasteiger partial charge in [-0.25, -0.2) is 4.79 Å². The molecule has 0 radical (unpaired) electrons. The maximum Gasteiger partial charge on any atom is 0.333 e. The van der Waals surface area contributed by atoms with Gasteiger partial charge in [-0.15, -0.1) is 11.8 Å². The normalized spacial score (nSPS) is 14.3. The van der Waals surface area contributed by atoms with Crippen molar-refractivity contribution < 1.29 is 9.90 Å². The number of thioether (sulfide) groups is 1. The van der Waals surface area contributed by atoms with Crippen LogP contribution in [0, 0.1) is 0 Å². The Morgan fingerprint density at radius 1 is 1.50 bits per heavy atom. The van der Waals surface area contributed by atoms with Gasteiger partial charge in [0.25, 0.3) is 0 Å². The van der Waals surface area contributed by atoms with Crippen molar-refractivity contribution in [1.29, 1.82) is 0 Å². The quantitative estimate of drug-likeness (QED) is 0.817. The van der Waals surface area contributed by atoms with E-state index in [9.17, 15) is 4.79 Å². The summed E-state index contributed by atoms with van der Waals surface area (Å²) in [6, 6.07) is 7.98. The zero-order valence-electron chi connectivity index (χ0n) is 9.96. The summed E-state index contributed by atoms with van der Waals surface area (Å²) in [5.41, 5.74) is 4.48. The van der Waals surface area contributed by atoms with Gasteiger partial charge in [-0.05, 0) is 36.6 Å². The molecule has 1 aliphatic heterocycles. The van der Waals surface area contributed by atoms with E-state index in [1.165, 1.54) is 0 Å². The third-order valence-electron chi connectivity index (χ3n) is 2.52. The van der Waals surface area contributed by atoms with Crippen LogP contribution in [0.15, 0.2) is 53.1 Å². The zero-order chi connectivity index (χ0) is 13.0. The summed E-state index contributed by atoms with van der Waals surface area (Å²) in [6.45, 7) is 0.343. The smallest absolute Gasteiger partial charge is 0.333 e. The second-order valence-corrected chi connectivity index (χ2v) is 4.69. The van der Waals surface area contributed by atoms with E-state index in [1.807, 2.05) is 36.7 Å². The summed E-state index contributed by atoms with van der Waals surface area (Å²) in [6.07, 6.45) is 7.17. The van der Waals surface area contributed by atoms with Gasteiger partial charge in [0.15, 0.2) is 0 Å². The van der Waals surface area contributed by atoms with E-state index in [4.69, 9.17) is 5.11 Å². The molecule has 0 spiro atoms. The minimum Gasteiger partial charge on any atom is -0.478 e. The molecule has 2 rings (SSSR count). The summed E-state index contributed by atoms with van der Waals surface area (Å²) >= 11 is 1.67. The Morgan fingerprint density at radius 3 is 3.06 bits per heavy atom. The fourth-order valence-corrected chi connectivity index (χ4v) is 2.09. The van der Waals surface area contributed by atoms with Gasteiger partial charge in [-0.3, -0.25) is 10.4 Å². The molecule has 1 heterocycles. The van der Waals surface area contributed by atoms with Crippen LogP contribution in [0.4, 0.5) is 5.69 Å². The molecular weight excluding hydrogens is 248 g/mol. The molecular formula is C13H14N2O2S. The van der Waals surface area contributed by atoms with Crippen LogP contribution in [0.25, 0.3) is 0 Å². The van der Waals surface area contributed by atoms with Gasteiger partial charge >= 0.3 is 5.97 Å². The van der Waals surface area contributed by atoms with Gasteiger partial charge in [0.05, 0.1) is 17.8 Å².